The fraction of sp³-hybridized carbons (Fsp3) is 0.348. The Morgan fingerprint density at radius 1 is 1.10 bits per heavy atom. The normalized spacial score (nSPS) is 15.6. The highest BCUT2D eigenvalue weighted by atomic mass is 16.5. The second-order valence-corrected chi connectivity index (χ2v) is 7.71. The van der Waals surface area contributed by atoms with Gasteiger partial charge < -0.3 is 15.0 Å². The molecule has 0 aliphatic carbocycles. The number of ether oxygens (including phenoxy) is 1. The Bertz CT molecular complexity index is 1150. The molecule has 1 unspecified atom stereocenters. The van der Waals surface area contributed by atoms with Crippen LogP contribution in [0.3, 0.4) is 0 Å². The fourth-order valence-corrected chi connectivity index (χ4v) is 3.99. The quantitative estimate of drug-likeness (QED) is 0.701. The molecule has 1 atom stereocenters. The molecule has 162 valence electrons. The number of anilines is 1. The van der Waals surface area contributed by atoms with Crippen molar-refractivity contribution in [1.29, 1.82) is 0 Å². The van der Waals surface area contributed by atoms with E-state index in [1.165, 1.54) is 0 Å². The van der Waals surface area contributed by atoms with Crippen LogP contribution in [-0.4, -0.2) is 58.7 Å². The Balaban J connectivity index is 1.42. The highest BCUT2D eigenvalue weighted by molar-refractivity contribution is 5.89. The average Bonchev–Trinajstić information content (AvgIpc) is 2.81. The Kier molecular flexibility index (Phi) is 5.90. The number of rotatable bonds is 4. The molecule has 1 aliphatic rings. The molecule has 4 rings (SSSR count). The first-order valence-corrected chi connectivity index (χ1v) is 10.4. The Morgan fingerprint density at radius 3 is 2.58 bits per heavy atom. The van der Waals surface area contributed by atoms with Gasteiger partial charge in [0.1, 0.15) is 11.6 Å². The van der Waals surface area contributed by atoms with E-state index in [2.05, 4.69) is 17.1 Å². The number of carbonyl (C=O) groups excluding carboxylic acids is 1. The van der Waals surface area contributed by atoms with Crippen LogP contribution in [0.5, 0.6) is 5.75 Å². The number of piperazine rings is 1. The third-order valence-electron chi connectivity index (χ3n) is 5.86. The summed E-state index contributed by atoms with van der Waals surface area (Å²) < 4.78 is 6.84. The molecule has 1 saturated heterocycles. The first kappa shape index (κ1) is 20.9. The van der Waals surface area contributed by atoms with E-state index in [1.807, 2.05) is 36.4 Å². The number of hydrogen-bond acceptors (Lipinski definition) is 5. The van der Waals surface area contributed by atoms with Gasteiger partial charge in [0.05, 0.1) is 24.1 Å². The summed E-state index contributed by atoms with van der Waals surface area (Å²) in [5.74, 6) is 1.43. The minimum absolute atomic E-state index is 0.0362. The highest BCUT2D eigenvalue weighted by Crippen LogP contribution is 2.22. The minimum atomic E-state index is -0.128. The number of nitrogens with zero attached hydrogens (tertiary/aromatic N) is 4. The van der Waals surface area contributed by atoms with E-state index in [0.29, 0.717) is 48.5 Å². The molecule has 0 spiro atoms. The molecule has 1 aliphatic heterocycles. The zero-order valence-electron chi connectivity index (χ0n) is 18.0. The summed E-state index contributed by atoms with van der Waals surface area (Å²) in [7, 11) is 3.37. The smallest absolute Gasteiger partial charge is 0.321 e. The summed E-state index contributed by atoms with van der Waals surface area (Å²) in [6, 6.07) is 14.6. The van der Waals surface area contributed by atoms with Crippen LogP contribution in [0, 0.1) is 0 Å². The molecular formula is C23H27N5O3. The van der Waals surface area contributed by atoms with E-state index in [1.54, 1.807) is 35.8 Å². The van der Waals surface area contributed by atoms with Gasteiger partial charge in [0, 0.05) is 45.0 Å². The fourth-order valence-electron chi connectivity index (χ4n) is 3.99. The summed E-state index contributed by atoms with van der Waals surface area (Å²) >= 11 is 0. The third kappa shape index (κ3) is 4.25. The molecule has 1 fully saturated rings. The number of amides is 2. The van der Waals surface area contributed by atoms with Gasteiger partial charge in [-0.1, -0.05) is 18.2 Å². The molecule has 3 aromatic rings. The predicted molar refractivity (Wildman–Crippen MR) is 121 cm³/mol. The van der Waals surface area contributed by atoms with E-state index in [0.717, 1.165) is 5.82 Å². The highest BCUT2D eigenvalue weighted by Gasteiger charge is 2.27. The lowest BCUT2D eigenvalue weighted by Crippen LogP contribution is -2.51. The maximum Gasteiger partial charge on any atom is 0.321 e. The van der Waals surface area contributed by atoms with E-state index >= 15 is 0 Å². The van der Waals surface area contributed by atoms with Crippen molar-refractivity contribution in [3.63, 3.8) is 0 Å². The van der Waals surface area contributed by atoms with Crippen LogP contribution in [0.15, 0.2) is 53.3 Å². The van der Waals surface area contributed by atoms with Crippen LogP contribution in [0.2, 0.25) is 0 Å². The molecule has 2 amide bonds. The Labute approximate surface area is 181 Å². The molecule has 8 nitrogen and oxygen atoms in total. The van der Waals surface area contributed by atoms with E-state index in [-0.39, 0.29) is 17.6 Å². The van der Waals surface area contributed by atoms with Crippen molar-refractivity contribution >= 4 is 22.6 Å². The van der Waals surface area contributed by atoms with Gasteiger partial charge in [-0.2, -0.15) is 0 Å². The van der Waals surface area contributed by atoms with Crippen molar-refractivity contribution in [2.45, 2.75) is 13.0 Å². The average molecular weight is 422 g/mol. The second kappa shape index (κ2) is 8.77. The molecule has 0 radical (unpaired) electrons. The monoisotopic (exact) mass is 421 g/mol. The number of urea groups is 1. The molecular weight excluding hydrogens is 394 g/mol. The van der Waals surface area contributed by atoms with Crippen molar-refractivity contribution in [3.8, 4) is 5.75 Å². The zero-order valence-corrected chi connectivity index (χ0v) is 18.0. The number of nitrogens with one attached hydrogen (secondary N) is 1. The van der Waals surface area contributed by atoms with Crippen molar-refractivity contribution in [3.05, 3.63) is 64.7 Å². The van der Waals surface area contributed by atoms with Gasteiger partial charge in [0.15, 0.2) is 0 Å². The lowest BCUT2D eigenvalue weighted by molar-refractivity contribution is 0.114. The van der Waals surface area contributed by atoms with Gasteiger partial charge in [-0.15, -0.1) is 0 Å². The van der Waals surface area contributed by atoms with Crippen molar-refractivity contribution < 1.29 is 9.53 Å². The van der Waals surface area contributed by atoms with Crippen LogP contribution in [0.1, 0.15) is 18.8 Å². The first-order chi connectivity index (χ1) is 15.0. The van der Waals surface area contributed by atoms with Gasteiger partial charge >= 0.3 is 6.03 Å². The molecule has 2 heterocycles. The number of methoxy groups -OCH3 is 1. The molecule has 1 N–H and O–H groups in total. The number of carbonyl (C=O) groups is 1. The number of fused-ring (bicyclic) bond motifs is 1. The van der Waals surface area contributed by atoms with Gasteiger partial charge in [0.25, 0.3) is 5.56 Å². The summed E-state index contributed by atoms with van der Waals surface area (Å²) in [5.41, 5.74) is 1.38. The van der Waals surface area contributed by atoms with E-state index in [4.69, 9.17) is 9.72 Å². The number of para-hydroxylation sites is 1. The maximum absolute atomic E-state index is 12.7. The SMILES string of the molecule is COc1cccc(NC(=O)N2CCN(C(C)c3nc4ccccc4c(=O)n3C)CC2)c1. The van der Waals surface area contributed by atoms with Crippen LogP contribution in [0.4, 0.5) is 10.5 Å². The first-order valence-electron chi connectivity index (χ1n) is 10.4. The minimum Gasteiger partial charge on any atom is -0.497 e. The van der Waals surface area contributed by atoms with Crippen molar-refractivity contribution in [2.24, 2.45) is 7.05 Å². The van der Waals surface area contributed by atoms with Gasteiger partial charge in [-0.05, 0) is 31.2 Å². The maximum atomic E-state index is 12.7. The van der Waals surface area contributed by atoms with Gasteiger partial charge in [-0.3, -0.25) is 14.3 Å². The van der Waals surface area contributed by atoms with Crippen LogP contribution in [-0.2, 0) is 7.05 Å². The molecule has 31 heavy (non-hydrogen) atoms. The van der Waals surface area contributed by atoms with Crippen molar-refractivity contribution in [1.82, 2.24) is 19.4 Å². The summed E-state index contributed by atoms with van der Waals surface area (Å²) in [5, 5.41) is 3.55. The van der Waals surface area contributed by atoms with Gasteiger partial charge in [-0.25, -0.2) is 9.78 Å². The molecule has 1 aromatic heterocycles. The lowest BCUT2D eigenvalue weighted by atomic mass is 10.2. The number of benzene rings is 2. The standard InChI is InChI=1S/C23H27N5O3/c1-16(21-25-20-10-5-4-9-19(20)22(29)26(21)2)27-11-13-28(14-12-27)23(30)24-17-7-6-8-18(15-17)31-3/h4-10,15-16H,11-14H2,1-3H3,(H,24,30). The van der Waals surface area contributed by atoms with Crippen LogP contribution < -0.4 is 15.6 Å². The topological polar surface area (TPSA) is 79.7 Å². The van der Waals surface area contributed by atoms with E-state index < -0.39 is 0 Å². The lowest BCUT2D eigenvalue weighted by Gasteiger charge is -2.38. The van der Waals surface area contributed by atoms with Crippen molar-refractivity contribution in [2.75, 3.05) is 38.6 Å². The predicted octanol–water partition coefficient (Wildman–Crippen LogP) is 2.85. The number of hydrogen-bond donors (Lipinski definition) is 1. The zero-order chi connectivity index (χ0) is 22.0. The molecule has 0 saturated carbocycles. The second-order valence-electron chi connectivity index (χ2n) is 7.71. The molecule has 8 heteroatoms. The van der Waals surface area contributed by atoms with Crippen LogP contribution in [0.25, 0.3) is 10.9 Å². The van der Waals surface area contributed by atoms with E-state index in [9.17, 15) is 9.59 Å². The Morgan fingerprint density at radius 2 is 1.84 bits per heavy atom. The largest absolute Gasteiger partial charge is 0.497 e. The number of aromatic nitrogens is 2. The summed E-state index contributed by atoms with van der Waals surface area (Å²) in [4.78, 5) is 34.2. The third-order valence-corrected chi connectivity index (χ3v) is 5.86. The Hall–Kier alpha value is -3.39. The molecule has 0 bridgehead atoms. The summed E-state index contributed by atoms with van der Waals surface area (Å²) in [6.45, 7) is 4.66. The van der Waals surface area contributed by atoms with Crippen LogP contribution >= 0.6 is 0 Å². The summed E-state index contributed by atoms with van der Waals surface area (Å²) in [6.07, 6.45) is 0. The molecule has 2 aromatic carbocycles. The van der Waals surface area contributed by atoms with Gasteiger partial charge in [0.2, 0.25) is 0 Å².